The number of nitrogens with one attached hydrogen (secondary N) is 2. The van der Waals surface area contributed by atoms with E-state index in [1.54, 1.807) is 6.08 Å². The Morgan fingerprint density at radius 3 is 3.33 bits per heavy atom. The van der Waals surface area contributed by atoms with Crippen molar-refractivity contribution < 1.29 is 4.79 Å². The fourth-order valence-corrected chi connectivity index (χ4v) is 0.661. The maximum atomic E-state index is 10.6. The quantitative estimate of drug-likeness (QED) is 0.472. The highest BCUT2D eigenvalue weighted by Crippen LogP contribution is 1.95. The van der Waals surface area contributed by atoms with Crippen LogP contribution in [0, 0.1) is 5.92 Å². The van der Waals surface area contributed by atoms with Crippen molar-refractivity contribution in [2.75, 3.05) is 6.54 Å². The zero-order valence-electron chi connectivity index (χ0n) is 5.35. The van der Waals surface area contributed by atoms with Crippen LogP contribution < -0.4 is 10.9 Å². The minimum Gasteiger partial charge on any atom is -0.288 e. The molecule has 0 spiro atoms. The Kier molecular flexibility index (Phi) is 1.85. The minimum absolute atomic E-state index is 0.0700. The smallest absolute Gasteiger partial charge is 0.257 e. The Balaban J connectivity index is 2.52. The molecule has 50 valence electrons. The van der Waals surface area contributed by atoms with Gasteiger partial charge < -0.3 is 0 Å². The van der Waals surface area contributed by atoms with Gasteiger partial charge in [-0.05, 0) is 5.92 Å². The molecule has 0 saturated heterocycles. The largest absolute Gasteiger partial charge is 0.288 e. The molecule has 9 heavy (non-hydrogen) atoms. The van der Waals surface area contributed by atoms with Crippen LogP contribution in [0.5, 0.6) is 0 Å². The first-order valence-corrected chi connectivity index (χ1v) is 3.00. The second-order valence-corrected chi connectivity index (χ2v) is 2.21. The van der Waals surface area contributed by atoms with Gasteiger partial charge in [-0.3, -0.25) is 10.2 Å². The molecule has 1 aliphatic heterocycles. The van der Waals surface area contributed by atoms with Gasteiger partial charge in [-0.1, -0.05) is 13.0 Å². The molecule has 1 atom stereocenters. The number of carbonyl (C=O) groups excluding carboxylic acids is 1. The molecule has 0 fully saturated rings. The van der Waals surface area contributed by atoms with Gasteiger partial charge >= 0.3 is 0 Å². The summed E-state index contributed by atoms with van der Waals surface area (Å²) in [4.78, 5) is 10.6. The molecule has 3 heteroatoms. The van der Waals surface area contributed by atoms with Crippen LogP contribution in [0.3, 0.4) is 0 Å². The highest BCUT2D eigenvalue weighted by molar-refractivity contribution is 5.87. The van der Waals surface area contributed by atoms with E-state index >= 15 is 0 Å². The van der Waals surface area contributed by atoms with Gasteiger partial charge in [-0.15, -0.1) is 0 Å². The number of rotatable bonds is 0. The van der Waals surface area contributed by atoms with Crippen molar-refractivity contribution in [2.24, 2.45) is 5.92 Å². The number of carbonyl (C=O) groups is 1. The predicted molar refractivity (Wildman–Crippen MR) is 34.4 cm³/mol. The maximum absolute atomic E-state index is 10.6. The van der Waals surface area contributed by atoms with Gasteiger partial charge in [0.25, 0.3) is 5.91 Å². The van der Waals surface area contributed by atoms with E-state index in [9.17, 15) is 4.79 Å². The summed E-state index contributed by atoms with van der Waals surface area (Å²) in [7, 11) is 0. The normalized spacial score (nSPS) is 27.2. The first-order valence-electron chi connectivity index (χ1n) is 3.00. The summed E-state index contributed by atoms with van der Waals surface area (Å²) in [5.74, 6) is 0.364. The predicted octanol–water partition coefficient (Wildman–Crippen LogP) is -0.187. The van der Waals surface area contributed by atoms with E-state index in [0.717, 1.165) is 6.54 Å². The molecule has 0 aliphatic carbocycles. The summed E-state index contributed by atoms with van der Waals surface area (Å²) < 4.78 is 0. The van der Waals surface area contributed by atoms with Crippen molar-refractivity contribution in [3.8, 4) is 0 Å². The molecule has 1 aliphatic rings. The van der Waals surface area contributed by atoms with Gasteiger partial charge in [-0.2, -0.15) is 0 Å². The Morgan fingerprint density at radius 2 is 2.56 bits per heavy atom. The molecule has 0 bridgehead atoms. The zero-order chi connectivity index (χ0) is 6.69. The highest BCUT2D eigenvalue weighted by atomic mass is 16.2. The average Bonchev–Trinajstić information content (AvgIpc) is 1.97. The molecule has 2 N–H and O–H groups in total. The summed E-state index contributed by atoms with van der Waals surface area (Å²) in [6.45, 7) is 2.85. The van der Waals surface area contributed by atoms with Crippen molar-refractivity contribution in [1.82, 2.24) is 10.9 Å². The maximum Gasteiger partial charge on any atom is 0.257 e. The summed E-state index contributed by atoms with van der Waals surface area (Å²) in [5, 5.41) is 0. The van der Waals surface area contributed by atoms with Crippen LogP contribution in [-0.4, -0.2) is 12.5 Å². The Labute approximate surface area is 54.1 Å². The first kappa shape index (κ1) is 6.29. The van der Waals surface area contributed by atoms with E-state index in [0.29, 0.717) is 5.92 Å². The fourth-order valence-electron chi connectivity index (χ4n) is 0.661. The molecular weight excluding hydrogens is 116 g/mol. The molecule has 0 radical (unpaired) electrons. The standard InChI is InChI=1S/C6H10N2O/c1-5-2-3-6(9)8-7-4-5/h2-3,5,7H,4H2,1H3,(H,8,9). The lowest BCUT2D eigenvalue weighted by molar-refractivity contribution is -0.117. The fraction of sp³-hybridized carbons (Fsp3) is 0.500. The lowest BCUT2D eigenvalue weighted by atomic mass is 10.2. The Bertz CT molecular complexity index is 142. The lowest BCUT2D eigenvalue weighted by Gasteiger charge is -2.02. The molecule has 0 aromatic rings. The summed E-state index contributed by atoms with van der Waals surface area (Å²) in [5.41, 5.74) is 5.28. The molecule has 0 aromatic heterocycles. The van der Waals surface area contributed by atoms with Crippen LogP contribution in [0.2, 0.25) is 0 Å². The molecule has 1 heterocycles. The molecule has 1 amide bonds. The highest BCUT2D eigenvalue weighted by Gasteiger charge is 2.02. The first-order chi connectivity index (χ1) is 4.29. The van der Waals surface area contributed by atoms with Crippen molar-refractivity contribution in [2.45, 2.75) is 6.92 Å². The van der Waals surface area contributed by atoms with Crippen molar-refractivity contribution in [3.05, 3.63) is 12.2 Å². The molecule has 1 rings (SSSR count). The molecule has 1 unspecified atom stereocenters. The van der Waals surface area contributed by atoms with Crippen LogP contribution in [0.1, 0.15) is 6.92 Å². The van der Waals surface area contributed by atoms with E-state index in [4.69, 9.17) is 0 Å². The number of hydrogen-bond acceptors (Lipinski definition) is 2. The number of hydrazine groups is 1. The van der Waals surface area contributed by atoms with Crippen LogP contribution >= 0.6 is 0 Å². The third-order valence-corrected chi connectivity index (χ3v) is 1.21. The Morgan fingerprint density at radius 1 is 1.78 bits per heavy atom. The van der Waals surface area contributed by atoms with Crippen molar-refractivity contribution in [3.63, 3.8) is 0 Å². The third kappa shape index (κ3) is 1.85. The van der Waals surface area contributed by atoms with Gasteiger partial charge in [0.2, 0.25) is 0 Å². The van der Waals surface area contributed by atoms with E-state index in [-0.39, 0.29) is 5.91 Å². The van der Waals surface area contributed by atoms with Gasteiger partial charge in [-0.25, -0.2) is 5.43 Å². The van der Waals surface area contributed by atoms with Gasteiger partial charge in [0.1, 0.15) is 0 Å². The van der Waals surface area contributed by atoms with E-state index < -0.39 is 0 Å². The summed E-state index contributed by atoms with van der Waals surface area (Å²) in [6, 6.07) is 0. The SMILES string of the molecule is CC1C=CC(=O)NNC1. The van der Waals surface area contributed by atoms with Crippen molar-refractivity contribution >= 4 is 5.91 Å². The molecule has 3 nitrogen and oxygen atoms in total. The second-order valence-electron chi connectivity index (χ2n) is 2.21. The molecule has 0 aromatic carbocycles. The monoisotopic (exact) mass is 126 g/mol. The Hall–Kier alpha value is -0.830. The van der Waals surface area contributed by atoms with E-state index in [2.05, 4.69) is 10.9 Å². The number of amides is 1. The van der Waals surface area contributed by atoms with Crippen LogP contribution in [0.15, 0.2) is 12.2 Å². The summed E-state index contributed by atoms with van der Waals surface area (Å²) >= 11 is 0. The van der Waals surface area contributed by atoms with E-state index in [1.807, 2.05) is 13.0 Å². The zero-order valence-corrected chi connectivity index (χ0v) is 5.35. The summed E-state index contributed by atoms with van der Waals surface area (Å²) in [6.07, 6.45) is 3.43. The number of hydrogen-bond donors (Lipinski definition) is 2. The second kappa shape index (κ2) is 2.64. The van der Waals surface area contributed by atoms with Gasteiger partial charge in [0.05, 0.1) is 0 Å². The third-order valence-electron chi connectivity index (χ3n) is 1.21. The van der Waals surface area contributed by atoms with Crippen LogP contribution in [0.4, 0.5) is 0 Å². The molecular formula is C6H10N2O. The average molecular weight is 126 g/mol. The van der Waals surface area contributed by atoms with Gasteiger partial charge in [0, 0.05) is 12.6 Å². The van der Waals surface area contributed by atoms with Crippen LogP contribution in [-0.2, 0) is 4.79 Å². The van der Waals surface area contributed by atoms with E-state index in [1.165, 1.54) is 0 Å². The van der Waals surface area contributed by atoms with Crippen molar-refractivity contribution in [1.29, 1.82) is 0 Å². The molecule has 0 saturated carbocycles. The lowest BCUT2D eigenvalue weighted by Crippen LogP contribution is -2.36. The topological polar surface area (TPSA) is 41.1 Å². The van der Waals surface area contributed by atoms with Gasteiger partial charge in [0.15, 0.2) is 0 Å². The van der Waals surface area contributed by atoms with Crippen LogP contribution in [0.25, 0.3) is 0 Å². The minimum atomic E-state index is -0.0700.